The lowest BCUT2D eigenvalue weighted by Gasteiger charge is -2.36. The molecule has 3 atom stereocenters. The number of rotatable bonds is 8. The highest BCUT2D eigenvalue weighted by Gasteiger charge is 2.43. The zero-order chi connectivity index (χ0) is 33.4. The van der Waals surface area contributed by atoms with Crippen LogP contribution in [0, 0.1) is 22.0 Å². The van der Waals surface area contributed by atoms with E-state index in [9.17, 15) is 19.7 Å². The van der Waals surface area contributed by atoms with Gasteiger partial charge in [0.15, 0.2) is 23.0 Å². The zero-order valence-electron chi connectivity index (χ0n) is 26.6. The van der Waals surface area contributed by atoms with Gasteiger partial charge in [-0.15, -0.1) is 0 Å². The van der Waals surface area contributed by atoms with Gasteiger partial charge in [0, 0.05) is 49.9 Å². The summed E-state index contributed by atoms with van der Waals surface area (Å²) in [4.78, 5) is 40.1. The molecule has 0 bridgehead atoms. The molecule has 0 aromatic heterocycles. The third kappa shape index (κ3) is 5.99. The summed E-state index contributed by atoms with van der Waals surface area (Å²) in [6.07, 6.45) is 0.0638. The van der Waals surface area contributed by atoms with Crippen LogP contribution in [0.2, 0.25) is 0 Å². The SMILES string of the molecule is COc1cc([C@@H]2c3cc4c(cc3C[C@H]3COC[C@@H]32)OCO4)cc(OC)c1OC(=O)NCC(=O)N1CCN(c2ccc([N+](=O)[O-])cc2)CC1. The van der Waals surface area contributed by atoms with Gasteiger partial charge in [-0.25, -0.2) is 4.79 Å². The fourth-order valence-electron chi connectivity index (χ4n) is 7.17. The molecule has 2 fully saturated rings. The lowest BCUT2D eigenvalue weighted by molar-refractivity contribution is -0.384. The van der Waals surface area contributed by atoms with Crippen LogP contribution in [-0.4, -0.2) is 88.8 Å². The molecule has 3 heterocycles. The highest BCUT2D eigenvalue weighted by Crippen LogP contribution is 2.52. The van der Waals surface area contributed by atoms with Gasteiger partial charge >= 0.3 is 6.09 Å². The highest BCUT2D eigenvalue weighted by atomic mass is 16.7. The van der Waals surface area contributed by atoms with Crippen molar-refractivity contribution >= 4 is 23.4 Å². The molecule has 1 aliphatic carbocycles. The van der Waals surface area contributed by atoms with Crippen LogP contribution in [-0.2, 0) is 16.0 Å². The Morgan fingerprint density at radius 1 is 0.958 bits per heavy atom. The van der Waals surface area contributed by atoms with Gasteiger partial charge in [-0.1, -0.05) is 0 Å². The number of carbonyl (C=O) groups excluding carboxylic acids is 2. The Labute approximate surface area is 276 Å². The number of nitro benzene ring substituents is 1. The van der Waals surface area contributed by atoms with E-state index in [1.807, 2.05) is 12.1 Å². The first-order valence-electron chi connectivity index (χ1n) is 15.8. The van der Waals surface area contributed by atoms with Crippen LogP contribution < -0.4 is 33.9 Å². The largest absolute Gasteiger partial charge is 0.493 e. The third-order valence-electron chi connectivity index (χ3n) is 9.61. The third-order valence-corrected chi connectivity index (χ3v) is 9.61. The van der Waals surface area contributed by atoms with Crippen molar-refractivity contribution in [2.24, 2.45) is 11.8 Å². The number of hydrogen-bond acceptors (Lipinski definition) is 11. The quantitative estimate of drug-likeness (QED) is 0.278. The Kier molecular flexibility index (Phi) is 8.56. The number of methoxy groups -OCH3 is 2. The molecule has 14 heteroatoms. The molecule has 14 nitrogen and oxygen atoms in total. The summed E-state index contributed by atoms with van der Waals surface area (Å²) in [5, 5.41) is 13.5. The molecule has 3 aliphatic heterocycles. The second-order valence-corrected chi connectivity index (χ2v) is 12.2. The average Bonchev–Trinajstić information content (AvgIpc) is 3.78. The normalized spacial score (nSPS) is 20.8. The van der Waals surface area contributed by atoms with E-state index in [0.29, 0.717) is 62.6 Å². The molecule has 2 amide bonds. The first-order valence-corrected chi connectivity index (χ1v) is 15.8. The summed E-state index contributed by atoms with van der Waals surface area (Å²) in [6.45, 7) is 3.23. The minimum atomic E-state index is -0.822. The van der Waals surface area contributed by atoms with Crippen LogP contribution >= 0.6 is 0 Å². The lowest BCUT2D eigenvalue weighted by Crippen LogP contribution is -2.51. The number of anilines is 1. The van der Waals surface area contributed by atoms with E-state index in [0.717, 1.165) is 29.0 Å². The van der Waals surface area contributed by atoms with Gasteiger partial charge in [0.05, 0.1) is 32.4 Å². The summed E-state index contributed by atoms with van der Waals surface area (Å²) in [7, 11) is 3.00. The Hall–Kier alpha value is -5.24. The van der Waals surface area contributed by atoms with E-state index in [1.54, 1.807) is 17.0 Å². The van der Waals surface area contributed by atoms with E-state index in [2.05, 4.69) is 22.3 Å². The van der Waals surface area contributed by atoms with Gasteiger partial charge in [0.2, 0.25) is 18.4 Å². The second kappa shape index (κ2) is 13.1. The number of hydrogen-bond donors (Lipinski definition) is 1. The maximum Gasteiger partial charge on any atom is 0.413 e. The molecule has 252 valence electrons. The van der Waals surface area contributed by atoms with Crippen molar-refractivity contribution in [3.05, 3.63) is 75.3 Å². The molecule has 3 aromatic rings. The molecule has 48 heavy (non-hydrogen) atoms. The monoisotopic (exact) mass is 660 g/mol. The Bertz CT molecular complexity index is 1700. The van der Waals surface area contributed by atoms with Crippen molar-refractivity contribution < 1.29 is 42.9 Å². The van der Waals surface area contributed by atoms with Crippen LogP contribution in [0.15, 0.2) is 48.5 Å². The van der Waals surface area contributed by atoms with E-state index < -0.39 is 11.0 Å². The number of carbonyl (C=O) groups is 2. The standard InChI is InChI=1S/C34H36N4O10/c1-43-29-13-21(32-25-15-28-27(46-19-47-28)12-20(25)11-22-17-45-18-26(22)32)14-30(44-2)33(29)48-34(40)35-16-31(39)37-9-7-36(8-10-37)23-3-5-24(6-4-23)38(41)42/h3-6,12-15,22,26,32H,7-11,16-19H2,1-2H3,(H,35,40)/t22-,26-,32+/m0/s1. The number of ether oxygens (including phenoxy) is 6. The Morgan fingerprint density at radius 2 is 1.65 bits per heavy atom. The van der Waals surface area contributed by atoms with Crippen molar-refractivity contribution in [2.45, 2.75) is 12.3 Å². The maximum absolute atomic E-state index is 12.9. The van der Waals surface area contributed by atoms with Crippen LogP contribution in [0.1, 0.15) is 22.6 Å². The zero-order valence-corrected chi connectivity index (χ0v) is 26.6. The minimum absolute atomic E-state index is 0.0260. The molecule has 3 aromatic carbocycles. The van der Waals surface area contributed by atoms with Crippen molar-refractivity contribution in [1.29, 1.82) is 0 Å². The number of fused-ring (bicyclic) bond motifs is 3. The first-order chi connectivity index (χ1) is 23.3. The van der Waals surface area contributed by atoms with Crippen molar-refractivity contribution in [2.75, 3.05) is 71.8 Å². The topological polar surface area (TPSA) is 151 Å². The summed E-state index contributed by atoms with van der Waals surface area (Å²) >= 11 is 0. The van der Waals surface area contributed by atoms with E-state index in [4.69, 9.17) is 28.4 Å². The Balaban J connectivity index is 1.01. The number of amides is 2. The number of benzene rings is 3. The molecule has 0 spiro atoms. The second-order valence-electron chi connectivity index (χ2n) is 12.2. The molecule has 7 rings (SSSR count). The van der Waals surface area contributed by atoms with Crippen LogP contribution in [0.5, 0.6) is 28.7 Å². The number of nitrogens with one attached hydrogen (secondary N) is 1. The lowest BCUT2D eigenvalue weighted by atomic mass is 9.68. The molecule has 0 unspecified atom stereocenters. The number of non-ortho nitro benzene ring substituents is 1. The number of nitrogens with zero attached hydrogens (tertiary/aromatic N) is 3. The molecule has 0 radical (unpaired) electrons. The molecular weight excluding hydrogens is 624 g/mol. The predicted molar refractivity (Wildman–Crippen MR) is 171 cm³/mol. The van der Waals surface area contributed by atoms with Crippen molar-refractivity contribution in [1.82, 2.24) is 10.2 Å². The molecular formula is C34H36N4O10. The number of nitro groups is 1. The summed E-state index contributed by atoms with van der Waals surface area (Å²) in [6, 6.07) is 14.2. The molecule has 2 saturated heterocycles. The predicted octanol–water partition coefficient (Wildman–Crippen LogP) is 3.73. The van der Waals surface area contributed by atoms with Gasteiger partial charge in [0.1, 0.15) is 6.54 Å². The van der Waals surface area contributed by atoms with Crippen molar-refractivity contribution in [3.63, 3.8) is 0 Å². The molecule has 1 N–H and O–H groups in total. The Morgan fingerprint density at radius 3 is 2.31 bits per heavy atom. The van der Waals surface area contributed by atoms with Crippen LogP contribution in [0.25, 0.3) is 0 Å². The summed E-state index contributed by atoms with van der Waals surface area (Å²) in [5.41, 5.74) is 4.12. The minimum Gasteiger partial charge on any atom is -0.493 e. The fourth-order valence-corrected chi connectivity index (χ4v) is 7.17. The highest BCUT2D eigenvalue weighted by molar-refractivity contribution is 5.83. The van der Waals surface area contributed by atoms with E-state index >= 15 is 0 Å². The van der Waals surface area contributed by atoms with Gasteiger partial charge in [-0.2, -0.15) is 0 Å². The van der Waals surface area contributed by atoms with Crippen LogP contribution in [0.3, 0.4) is 0 Å². The molecule has 4 aliphatic rings. The fraction of sp³-hybridized carbons (Fsp3) is 0.412. The van der Waals surface area contributed by atoms with Crippen molar-refractivity contribution in [3.8, 4) is 28.7 Å². The summed E-state index contributed by atoms with van der Waals surface area (Å²) < 4.78 is 34.4. The van der Waals surface area contributed by atoms with Crippen LogP contribution in [0.4, 0.5) is 16.2 Å². The van der Waals surface area contributed by atoms with E-state index in [1.165, 1.54) is 31.9 Å². The average molecular weight is 661 g/mol. The summed E-state index contributed by atoms with van der Waals surface area (Å²) in [5.74, 6) is 2.47. The van der Waals surface area contributed by atoms with Gasteiger partial charge < -0.3 is 43.5 Å². The first kappa shape index (κ1) is 31.4. The van der Waals surface area contributed by atoms with Gasteiger partial charge in [-0.3, -0.25) is 14.9 Å². The maximum atomic E-state index is 12.9. The molecule has 0 saturated carbocycles. The smallest absolute Gasteiger partial charge is 0.413 e. The van der Waals surface area contributed by atoms with Gasteiger partial charge in [-0.05, 0) is 71.3 Å². The number of piperazine rings is 1. The van der Waals surface area contributed by atoms with E-state index in [-0.39, 0.29) is 42.5 Å². The van der Waals surface area contributed by atoms with Gasteiger partial charge in [0.25, 0.3) is 5.69 Å².